The van der Waals surface area contributed by atoms with E-state index >= 15 is 0 Å². The highest BCUT2D eigenvalue weighted by Crippen LogP contribution is 2.45. The average Bonchev–Trinajstić information content (AvgIpc) is 2.80. The van der Waals surface area contributed by atoms with Gasteiger partial charge in [-0.3, -0.25) is 9.69 Å². The lowest BCUT2D eigenvalue weighted by Gasteiger charge is -2.20. The third-order valence-corrected chi connectivity index (χ3v) is 4.52. The van der Waals surface area contributed by atoms with Gasteiger partial charge in [0.15, 0.2) is 5.13 Å². The summed E-state index contributed by atoms with van der Waals surface area (Å²) in [7, 11) is 1.72. The van der Waals surface area contributed by atoms with Gasteiger partial charge in [0.05, 0.1) is 9.98 Å². The highest BCUT2D eigenvalue weighted by Gasteiger charge is 2.55. The molecule has 0 aliphatic heterocycles. The fraction of sp³-hybridized carbons (Fsp3) is 0.444. The van der Waals surface area contributed by atoms with Crippen molar-refractivity contribution in [2.24, 2.45) is 0 Å². The molecule has 2 heterocycles. The van der Waals surface area contributed by atoms with Crippen molar-refractivity contribution in [1.82, 2.24) is 25.2 Å². The molecule has 3 rings (SSSR count). The molecule has 0 unspecified atom stereocenters. The van der Waals surface area contributed by atoms with Crippen LogP contribution >= 0.6 is 27.3 Å². The van der Waals surface area contributed by atoms with Gasteiger partial charge >= 0.3 is 0 Å². The molecule has 1 aliphatic carbocycles. The van der Waals surface area contributed by atoms with Gasteiger partial charge in [-0.05, 0) is 39.2 Å². The van der Waals surface area contributed by atoms with Gasteiger partial charge in [-0.15, -0.1) is 5.10 Å². The third kappa shape index (κ3) is 1.74. The predicted molar refractivity (Wildman–Crippen MR) is 68.2 cm³/mol. The smallest absolute Gasteiger partial charge is 0.256 e. The van der Waals surface area contributed by atoms with Gasteiger partial charge in [0.2, 0.25) is 0 Å². The van der Waals surface area contributed by atoms with Crippen molar-refractivity contribution in [2.75, 3.05) is 11.9 Å². The van der Waals surface area contributed by atoms with Crippen LogP contribution in [0.3, 0.4) is 0 Å². The summed E-state index contributed by atoms with van der Waals surface area (Å²) in [5.74, 6) is -0.0309. The lowest BCUT2D eigenvalue weighted by molar-refractivity contribution is -0.123. The summed E-state index contributed by atoms with van der Waals surface area (Å²) in [4.78, 5) is 18.2. The number of aromatic nitrogens is 5. The van der Waals surface area contributed by atoms with E-state index in [4.69, 9.17) is 0 Å². The zero-order valence-electron chi connectivity index (χ0n) is 9.45. The Morgan fingerprint density at radius 1 is 1.61 bits per heavy atom. The first-order valence-electron chi connectivity index (χ1n) is 5.26. The minimum Gasteiger partial charge on any atom is -0.289 e. The minimum atomic E-state index is -0.615. The average molecular weight is 329 g/mol. The Bertz CT molecular complexity index is 578. The van der Waals surface area contributed by atoms with Crippen molar-refractivity contribution in [3.8, 4) is 0 Å². The molecular weight excluding hydrogens is 320 g/mol. The van der Waals surface area contributed by atoms with E-state index in [1.165, 1.54) is 22.3 Å². The van der Waals surface area contributed by atoms with Gasteiger partial charge < -0.3 is 0 Å². The van der Waals surface area contributed by atoms with Crippen LogP contribution in [0.5, 0.6) is 0 Å². The highest BCUT2D eigenvalue weighted by molar-refractivity contribution is 9.11. The molecule has 2 aromatic rings. The molecule has 1 aliphatic rings. The van der Waals surface area contributed by atoms with E-state index in [9.17, 15) is 4.79 Å². The Morgan fingerprint density at radius 2 is 2.39 bits per heavy atom. The first-order chi connectivity index (χ1) is 8.63. The lowest BCUT2D eigenvalue weighted by atomic mass is 10.2. The molecule has 18 heavy (non-hydrogen) atoms. The number of anilines is 1. The van der Waals surface area contributed by atoms with Crippen LogP contribution in [-0.4, -0.2) is 38.1 Å². The molecule has 0 N–H and O–H groups in total. The van der Waals surface area contributed by atoms with Crippen LogP contribution in [0.4, 0.5) is 5.13 Å². The van der Waals surface area contributed by atoms with E-state index in [1.54, 1.807) is 18.1 Å². The Balaban J connectivity index is 1.87. The second-order valence-corrected chi connectivity index (χ2v) is 6.49. The zero-order chi connectivity index (χ0) is 12.8. The SMILES string of the molecule is CN(C(=O)C1(n2cnnn2)CC1)c1ncc(Br)s1. The molecule has 1 fully saturated rings. The van der Waals surface area contributed by atoms with E-state index in [0.717, 1.165) is 16.6 Å². The molecule has 1 amide bonds. The largest absolute Gasteiger partial charge is 0.289 e. The standard InChI is InChI=1S/C9H9BrN6OS/c1-15(8-11-4-6(10)18-8)7(17)9(2-3-9)16-5-12-13-14-16/h4-5H,2-3H2,1H3. The summed E-state index contributed by atoms with van der Waals surface area (Å²) in [6.45, 7) is 0. The molecule has 0 saturated heterocycles. The summed E-state index contributed by atoms with van der Waals surface area (Å²) >= 11 is 4.75. The van der Waals surface area contributed by atoms with Crippen LogP contribution in [0, 0.1) is 0 Å². The van der Waals surface area contributed by atoms with Crippen LogP contribution in [0.1, 0.15) is 12.8 Å². The molecule has 0 spiro atoms. The maximum Gasteiger partial charge on any atom is 0.256 e. The number of halogens is 1. The number of carbonyl (C=O) groups is 1. The number of hydrogen-bond donors (Lipinski definition) is 0. The van der Waals surface area contributed by atoms with Crippen molar-refractivity contribution in [3.63, 3.8) is 0 Å². The van der Waals surface area contributed by atoms with Gasteiger partial charge in [-0.2, -0.15) is 0 Å². The highest BCUT2D eigenvalue weighted by atomic mass is 79.9. The van der Waals surface area contributed by atoms with E-state index in [0.29, 0.717) is 5.13 Å². The number of amides is 1. The van der Waals surface area contributed by atoms with Crippen LogP contribution < -0.4 is 4.90 Å². The van der Waals surface area contributed by atoms with E-state index in [-0.39, 0.29) is 5.91 Å². The monoisotopic (exact) mass is 328 g/mol. The minimum absolute atomic E-state index is 0.0309. The number of nitrogens with zero attached hydrogens (tertiary/aromatic N) is 6. The number of likely N-dealkylation sites (N-methyl/N-ethyl adjacent to an activating group) is 1. The number of carbonyl (C=O) groups excluding carboxylic acids is 1. The van der Waals surface area contributed by atoms with Gasteiger partial charge in [0, 0.05) is 7.05 Å². The fourth-order valence-electron chi connectivity index (χ4n) is 1.82. The summed E-state index contributed by atoms with van der Waals surface area (Å²) in [6, 6.07) is 0. The van der Waals surface area contributed by atoms with Crippen LogP contribution in [0.25, 0.3) is 0 Å². The maximum absolute atomic E-state index is 12.5. The van der Waals surface area contributed by atoms with Crippen LogP contribution in [-0.2, 0) is 10.3 Å². The number of hydrogen-bond acceptors (Lipinski definition) is 6. The van der Waals surface area contributed by atoms with E-state index in [2.05, 4.69) is 36.4 Å². The summed E-state index contributed by atoms with van der Waals surface area (Å²) in [5, 5.41) is 11.7. The second kappa shape index (κ2) is 4.09. The quantitative estimate of drug-likeness (QED) is 0.841. The topological polar surface area (TPSA) is 76.8 Å². The zero-order valence-corrected chi connectivity index (χ0v) is 11.8. The van der Waals surface area contributed by atoms with E-state index in [1.807, 2.05) is 0 Å². The van der Waals surface area contributed by atoms with Crippen molar-refractivity contribution in [1.29, 1.82) is 0 Å². The molecule has 0 aromatic carbocycles. The maximum atomic E-state index is 12.5. The lowest BCUT2D eigenvalue weighted by Crippen LogP contribution is -2.40. The second-order valence-electron chi connectivity index (χ2n) is 4.10. The fourth-order valence-corrected chi connectivity index (χ4v) is 2.96. The Kier molecular flexibility index (Phi) is 2.67. The van der Waals surface area contributed by atoms with Gasteiger partial charge in [-0.1, -0.05) is 11.3 Å². The Morgan fingerprint density at radius 3 is 2.89 bits per heavy atom. The molecule has 0 radical (unpaired) electrons. The number of tetrazole rings is 1. The Labute approximate surface area is 115 Å². The molecule has 94 valence electrons. The van der Waals surface area contributed by atoms with Crippen molar-refractivity contribution < 1.29 is 4.79 Å². The molecule has 0 bridgehead atoms. The van der Waals surface area contributed by atoms with Crippen LogP contribution in [0.15, 0.2) is 16.3 Å². The Hall–Kier alpha value is -1.35. The third-order valence-electron chi connectivity index (χ3n) is 2.97. The first kappa shape index (κ1) is 11.7. The molecule has 0 atom stereocenters. The van der Waals surface area contributed by atoms with Gasteiger partial charge in [0.25, 0.3) is 5.91 Å². The summed E-state index contributed by atoms with van der Waals surface area (Å²) in [6.07, 6.45) is 4.68. The van der Waals surface area contributed by atoms with Crippen molar-refractivity contribution in [2.45, 2.75) is 18.4 Å². The first-order valence-corrected chi connectivity index (χ1v) is 6.87. The van der Waals surface area contributed by atoms with Crippen molar-refractivity contribution >= 4 is 38.3 Å². The van der Waals surface area contributed by atoms with Crippen LogP contribution in [0.2, 0.25) is 0 Å². The molecular formula is C9H9BrN6OS. The number of thiazole rings is 1. The van der Waals surface area contributed by atoms with Gasteiger partial charge in [0.1, 0.15) is 11.9 Å². The normalized spacial score (nSPS) is 16.6. The molecule has 2 aromatic heterocycles. The molecule has 1 saturated carbocycles. The summed E-state index contributed by atoms with van der Waals surface area (Å²) < 4.78 is 2.43. The van der Waals surface area contributed by atoms with Crippen molar-refractivity contribution in [3.05, 3.63) is 16.3 Å². The molecule has 9 heteroatoms. The predicted octanol–water partition coefficient (Wildman–Crippen LogP) is 1.04. The summed E-state index contributed by atoms with van der Waals surface area (Å²) in [5.41, 5.74) is -0.615. The van der Waals surface area contributed by atoms with E-state index < -0.39 is 5.54 Å². The molecule has 7 nitrogen and oxygen atoms in total. The number of rotatable bonds is 3. The van der Waals surface area contributed by atoms with Gasteiger partial charge in [-0.25, -0.2) is 9.67 Å².